The van der Waals surface area contributed by atoms with E-state index in [1.165, 1.54) is 18.4 Å². The Morgan fingerprint density at radius 1 is 1.15 bits per heavy atom. The van der Waals surface area contributed by atoms with Crippen molar-refractivity contribution in [1.82, 2.24) is 9.97 Å². The second-order valence-electron chi connectivity index (χ2n) is 4.88. The first-order chi connectivity index (χ1) is 9.79. The van der Waals surface area contributed by atoms with Crippen LogP contribution in [0.2, 0.25) is 0 Å². The summed E-state index contributed by atoms with van der Waals surface area (Å²) in [5, 5.41) is 3.33. The van der Waals surface area contributed by atoms with E-state index in [-0.39, 0.29) is 0 Å². The Balaban J connectivity index is 1.95. The fraction of sp³-hybridized carbons (Fsp3) is 0.375. The summed E-state index contributed by atoms with van der Waals surface area (Å²) >= 11 is 0. The summed E-state index contributed by atoms with van der Waals surface area (Å²) in [6.07, 6.45) is 3.98. The Morgan fingerprint density at radius 3 is 2.70 bits per heavy atom. The fourth-order valence-corrected chi connectivity index (χ4v) is 1.95. The number of unbranched alkanes of at least 4 members (excludes halogenated alkanes) is 1. The number of nitrogens with zero attached hydrogens (tertiary/aromatic N) is 3. The maximum Gasteiger partial charge on any atom is 0.133 e. The van der Waals surface area contributed by atoms with Crippen LogP contribution in [0.3, 0.4) is 0 Å². The van der Waals surface area contributed by atoms with Crippen molar-refractivity contribution in [3.05, 3.63) is 48.3 Å². The van der Waals surface area contributed by atoms with Crippen LogP contribution in [0, 0.1) is 0 Å². The van der Waals surface area contributed by atoms with Crippen LogP contribution in [0.25, 0.3) is 0 Å². The molecule has 2 aromatic rings. The molecule has 4 nitrogen and oxygen atoms in total. The first kappa shape index (κ1) is 14.3. The highest BCUT2D eigenvalue weighted by Crippen LogP contribution is 2.14. The van der Waals surface area contributed by atoms with E-state index in [4.69, 9.17) is 0 Å². The van der Waals surface area contributed by atoms with Crippen molar-refractivity contribution in [3.63, 3.8) is 0 Å². The fourth-order valence-electron chi connectivity index (χ4n) is 1.95. The van der Waals surface area contributed by atoms with Crippen LogP contribution in [-0.4, -0.2) is 23.6 Å². The minimum Gasteiger partial charge on any atom is -0.366 e. The van der Waals surface area contributed by atoms with E-state index in [2.05, 4.69) is 46.3 Å². The minimum absolute atomic E-state index is 0.774. The molecule has 0 aliphatic rings. The Hall–Kier alpha value is -2.10. The lowest BCUT2D eigenvalue weighted by atomic mass is 10.2. The first-order valence-corrected chi connectivity index (χ1v) is 7.10. The number of hydrogen-bond donors (Lipinski definition) is 1. The van der Waals surface area contributed by atoms with Gasteiger partial charge in [-0.15, -0.1) is 0 Å². The highest BCUT2D eigenvalue weighted by Gasteiger charge is 2.03. The molecule has 0 unspecified atom stereocenters. The van der Waals surface area contributed by atoms with Crippen LogP contribution in [0.5, 0.6) is 0 Å². The lowest BCUT2D eigenvalue weighted by molar-refractivity contribution is 0.758. The summed E-state index contributed by atoms with van der Waals surface area (Å²) in [6.45, 7) is 3.99. The van der Waals surface area contributed by atoms with Crippen molar-refractivity contribution >= 4 is 11.6 Å². The predicted molar refractivity (Wildman–Crippen MR) is 84.0 cm³/mol. The monoisotopic (exact) mass is 270 g/mol. The summed E-state index contributed by atoms with van der Waals surface area (Å²) in [5.41, 5.74) is 1.24. The van der Waals surface area contributed by atoms with Gasteiger partial charge in [-0.2, -0.15) is 0 Å². The lowest BCUT2D eigenvalue weighted by Crippen LogP contribution is -2.19. The molecule has 1 aromatic heterocycles. The van der Waals surface area contributed by atoms with Gasteiger partial charge in [0.25, 0.3) is 0 Å². The van der Waals surface area contributed by atoms with Crippen molar-refractivity contribution in [1.29, 1.82) is 0 Å². The number of hydrogen-bond acceptors (Lipinski definition) is 4. The Kier molecular flexibility index (Phi) is 5.35. The smallest absolute Gasteiger partial charge is 0.133 e. The van der Waals surface area contributed by atoms with Crippen molar-refractivity contribution in [2.75, 3.05) is 23.8 Å². The van der Waals surface area contributed by atoms with E-state index in [0.717, 1.165) is 24.7 Å². The third-order valence-electron chi connectivity index (χ3n) is 3.21. The van der Waals surface area contributed by atoms with Crippen molar-refractivity contribution < 1.29 is 0 Å². The van der Waals surface area contributed by atoms with Gasteiger partial charge < -0.3 is 10.2 Å². The molecule has 0 saturated heterocycles. The molecule has 106 valence electrons. The van der Waals surface area contributed by atoms with Gasteiger partial charge in [0.1, 0.15) is 18.0 Å². The summed E-state index contributed by atoms with van der Waals surface area (Å²) in [7, 11) is 2.07. The first-order valence-electron chi connectivity index (χ1n) is 7.10. The van der Waals surface area contributed by atoms with Gasteiger partial charge in [0.2, 0.25) is 0 Å². The van der Waals surface area contributed by atoms with Crippen LogP contribution < -0.4 is 10.2 Å². The zero-order valence-electron chi connectivity index (χ0n) is 12.2. The Bertz CT molecular complexity index is 513. The topological polar surface area (TPSA) is 41.0 Å². The molecule has 0 fully saturated rings. The normalized spacial score (nSPS) is 10.3. The lowest BCUT2D eigenvalue weighted by Gasteiger charge is -2.18. The molecule has 0 spiro atoms. The van der Waals surface area contributed by atoms with E-state index in [1.54, 1.807) is 6.33 Å². The Labute approximate surface area is 120 Å². The standard InChI is InChI=1S/C16H22N4/c1-3-4-10-20(2)16-11-15(18-13-19-16)17-12-14-8-6-5-7-9-14/h5-9,11,13H,3-4,10,12H2,1-2H3,(H,17,18,19). The van der Waals surface area contributed by atoms with E-state index >= 15 is 0 Å². The van der Waals surface area contributed by atoms with Crippen LogP contribution in [0.4, 0.5) is 11.6 Å². The van der Waals surface area contributed by atoms with E-state index in [0.29, 0.717) is 0 Å². The van der Waals surface area contributed by atoms with E-state index < -0.39 is 0 Å². The molecule has 1 heterocycles. The molecule has 0 bridgehead atoms. The molecule has 0 amide bonds. The summed E-state index contributed by atoms with van der Waals surface area (Å²) in [4.78, 5) is 10.8. The molecule has 4 heteroatoms. The number of rotatable bonds is 7. The molecule has 1 aromatic carbocycles. The van der Waals surface area contributed by atoms with Gasteiger partial charge in [0.05, 0.1) is 0 Å². The van der Waals surface area contributed by atoms with Gasteiger partial charge in [-0.05, 0) is 12.0 Å². The Morgan fingerprint density at radius 2 is 1.95 bits per heavy atom. The molecule has 0 aliphatic heterocycles. The maximum absolute atomic E-state index is 4.32. The third-order valence-corrected chi connectivity index (χ3v) is 3.21. The molecule has 20 heavy (non-hydrogen) atoms. The SMILES string of the molecule is CCCCN(C)c1cc(NCc2ccccc2)ncn1. The highest BCUT2D eigenvalue weighted by molar-refractivity contribution is 5.48. The minimum atomic E-state index is 0.774. The number of benzene rings is 1. The summed E-state index contributed by atoms with van der Waals surface area (Å²) in [5.74, 6) is 1.83. The third kappa shape index (κ3) is 4.23. The van der Waals surface area contributed by atoms with Crippen molar-refractivity contribution in [2.45, 2.75) is 26.3 Å². The van der Waals surface area contributed by atoms with Gasteiger partial charge in [-0.3, -0.25) is 0 Å². The average Bonchev–Trinajstić information content (AvgIpc) is 2.52. The van der Waals surface area contributed by atoms with E-state index in [9.17, 15) is 0 Å². The second kappa shape index (κ2) is 7.48. The highest BCUT2D eigenvalue weighted by atomic mass is 15.2. The molecule has 1 N–H and O–H groups in total. The summed E-state index contributed by atoms with van der Waals surface area (Å²) < 4.78 is 0. The molecule has 0 saturated carbocycles. The predicted octanol–water partition coefficient (Wildman–Crippen LogP) is 3.33. The van der Waals surface area contributed by atoms with Gasteiger partial charge in [-0.25, -0.2) is 9.97 Å². The van der Waals surface area contributed by atoms with Gasteiger partial charge >= 0.3 is 0 Å². The molecule has 0 aliphatic carbocycles. The molecule has 0 atom stereocenters. The van der Waals surface area contributed by atoms with Crippen LogP contribution in [0.1, 0.15) is 25.3 Å². The van der Waals surface area contributed by atoms with Crippen molar-refractivity contribution in [2.24, 2.45) is 0 Å². The molecule has 0 radical (unpaired) electrons. The zero-order chi connectivity index (χ0) is 14.2. The van der Waals surface area contributed by atoms with Crippen LogP contribution in [0.15, 0.2) is 42.7 Å². The largest absolute Gasteiger partial charge is 0.366 e. The average molecular weight is 270 g/mol. The maximum atomic E-state index is 4.32. The molecule has 2 rings (SSSR count). The van der Waals surface area contributed by atoms with Crippen LogP contribution >= 0.6 is 0 Å². The van der Waals surface area contributed by atoms with Gasteiger partial charge in [0, 0.05) is 26.2 Å². The summed E-state index contributed by atoms with van der Waals surface area (Å²) in [6, 6.07) is 12.3. The number of anilines is 2. The van der Waals surface area contributed by atoms with E-state index in [1.807, 2.05) is 24.3 Å². The van der Waals surface area contributed by atoms with Gasteiger partial charge in [0.15, 0.2) is 0 Å². The number of nitrogens with one attached hydrogen (secondary N) is 1. The van der Waals surface area contributed by atoms with Gasteiger partial charge in [-0.1, -0.05) is 43.7 Å². The zero-order valence-corrected chi connectivity index (χ0v) is 12.2. The quantitative estimate of drug-likeness (QED) is 0.838. The van der Waals surface area contributed by atoms with Crippen LogP contribution in [-0.2, 0) is 6.54 Å². The molecular weight excluding hydrogens is 248 g/mol. The van der Waals surface area contributed by atoms with Crippen molar-refractivity contribution in [3.8, 4) is 0 Å². The molecular formula is C16H22N4. The second-order valence-corrected chi connectivity index (χ2v) is 4.88. The number of aromatic nitrogens is 2.